The van der Waals surface area contributed by atoms with E-state index in [1.165, 1.54) is 23.4 Å². The molecule has 0 unspecified atom stereocenters. The molecular weight excluding hydrogens is 466 g/mol. The lowest BCUT2D eigenvalue weighted by Crippen LogP contribution is -2.30. The van der Waals surface area contributed by atoms with Gasteiger partial charge < -0.3 is 14.4 Å². The van der Waals surface area contributed by atoms with Gasteiger partial charge in [0.25, 0.3) is 0 Å². The van der Waals surface area contributed by atoms with Crippen molar-refractivity contribution in [1.82, 2.24) is 15.4 Å². The number of fused-ring (bicyclic) bond motifs is 1. The Labute approximate surface area is 220 Å². The zero-order valence-corrected chi connectivity index (χ0v) is 22.6. The smallest absolute Gasteiger partial charge is 0.302 e. The van der Waals surface area contributed by atoms with Gasteiger partial charge >= 0.3 is 5.97 Å². The van der Waals surface area contributed by atoms with Crippen LogP contribution in [0.1, 0.15) is 64.5 Å². The van der Waals surface area contributed by atoms with Crippen LogP contribution in [0.4, 0.5) is 0 Å². The summed E-state index contributed by atoms with van der Waals surface area (Å²) in [5.41, 5.74) is 10.7. The van der Waals surface area contributed by atoms with Crippen molar-refractivity contribution in [3.05, 3.63) is 53.7 Å². The van der Waals surface area contributed by atoms with Crippen LogP contribution < -0.4 is 10.9 Å². The van der Waals surface area contributed by atoms with Gasteiger partial charge in [-0.2, -0.15) is 0 Å². The number of esters is 1. The Morgan fingerprint density at radius 1 is 1.08 bits per heavy atom. The summed E-state index contributed by atoms with van der Waals surface area (Å²) >= 11 is 0. The maximum absolute atomic E-state index is 11.3. The molecule has 200 valence electrons. The van der Waals surface area contributed by atoms with Gasteiger partial charge in [-0.1, -0.05) is 38.8 Å². The molecule has 1 amide bonds. The number of phenols is 1. The van der Waals surface area contributed by atoms with Crippen LogP contribution in [0.15, 0.2) is 42.6 Å². The molecule has 0 aliphatic heterocycles. The highest BCUT2D eigenvalue weighted by Crippen LogP contribution is 2.34. The monoisotopic (exact) mass is 507 g/mol. The van der Waals surface area contributed by atoms with Crippen molar-refractivity contribution in [3.8, 4) is 16.9 Å². The van der Waals surface area contributed by atoms with Gasteiger partial charge in [-0.15, -0.1) is 0 Å². The summed E-state index contributed by atoms with van der Waals surface area (Å²) in [4.78, 5) is 21.6. The first-order valence-corrected chi connectivity index (χ1v) is 13.2. The highest BCUT2D eigenvalue weighted by Gasteiger charge is 2.23. The van der Waals surface area contributed by atoms with Crippen LogP contribution in [0.5, 0.6) is 5.75 Å². The third kappa shape index (κ3) is 8.35. The van der Waals surface area contributed by atoms with Crippen molar-refractivity contribution < 1.29 is 19.4 Å². The molecule has 2 aromatic carbocycles. The predicted molar refractivity (Wildman–Crippen MR) is 148 cm³/mol. The molecule has 7 nitrogen and oxygen atoms in total. The van der Waals surface area contributed by atoms with E-state index >= 15 is 0 Å². The molecule has 0 saturated carbocycles. The highest BCUT2D eigenvalue weighted by molar-refractivity contribution is 5.89. The molecule has 3 N–H and O–H groups in total. The molecule has 0 atom stereocenters. The number of hydrogen-bond donors (Lipinski definition) is 3. The Hall–Kier alpha value is -3.32. The first-order chi connectivity index (χ1) is 17.7. The first kappa shape index (κ1) is 28.3. The number of nitrogens with zero attached hydrogens (tertiary/aromatic N) is 1. The highest BCUT2D eigenvalue weighted by atomic mass is 16.5. The van der Waals surface area contributed by atoms with Gasteiger partial charge in [-0.05, 0) is 79.1 Å². The maximum atomic E-state index is 11.3. The Bertz CT molecular complexity index is 1200. The summed E-state index contributed by atoms with van der Waals surface area (Å²) < 4.78 is 7.58. The van der Waals surface area contributed by atoms with Crippen LogP contribution in [0, 0.1) is 5.41 Å². The van der Waals surface area contributed by atoms with Gasteiger partial charge in [0.05, 0.1) is 6.61 Å². The van der Waals surface area contributed by atoms with Crippen LogP contribution in [-0.4, -0.2) is 35.2 Å². The number of phenolic OH excluding ortho intramolecular Hbond substituents is 1. The Morgan fingerprint density at radius 2 is 1.86 bits per heavy atom. The fourth-order valence-corrected chi connectivity index (χ4v) is 4.81. The molecule has 0 radical (unpaired) electrons. The number of carbonyl (C=O) groups is 2. The average molecular weight is 508 g/mol. The van der Waals surface area contributed by atoms with E-state index in [4.69, 9.17) is 4.74 Å². The summed E-state index contributed by atoms with van der Waals surface area (Å²) in [6.07, 6.45) is 8.78. The summed E-state index contributed by atoms with van der Waals surface area (Å²) in [5.74, 6) is 0.0283. The molecule has 3 rings (SSSR count). The number of rotatable bonds is 15. The molecule has 37 heavy (non-hydrogen) atoms. The van der Waals surface area contributed by atoms with Gasteiger partial charge in [0.15, 0.2) is 0 Å². The van der Waals surface area contributed by atoms with Gasteiger partial charge in [0.2, 0.25) is 6.41 Å². The van der Waals surface area contributed by atoms with Crippen LogP contribution in [0.2, 0.25) is 0 Å². The lowest BCUT2D eigenvalue weighted by molar-refractivity contribution is -0.143. The molecule has 0 spiro atoms. The molecule has 1 aromatic heterocycles. The number of unbranched alkanes of at least 4 members (excludes halogenated alkanes) is 3. The molecule has 0 bridgehead atoms. The van der Waals surface area contributed by atoms with E-state index in [0.717, 1.165) is 68.3 Å². The Balaban J connectivity index is 1.76. The molecule has 0 fully saturated rings. The summed E-state index contributed by atoms with van der Waals surface area (Å²) in [6, 6.07) is 12.4. The van der Waals surface area contributed by atoms with Crippen molar-refractivity contribution >= 4 is 23.3 Å². The normalized spacial score (nSPS) is 11.6. The van der Waals surface area contributed by atoms with Crippen molar-refractivity contribution in [2.45, 2.75) is 72.8 Å². The number of aromatic nitrogens is 1. The van der Waals surface area contributed by atoms with Crippen LogP contribution in [-0.2, 0) is 33.7 Å². The summed E-state index contributed by atoms with van der Waals surface area (Å²) in [5, 5.41) is 11.6. The minimum absolute atomic E-state index is 0.187. The molecule has 0 saturated heterocycles. The quantitative estimate of drug-likeness (QED) is 0.109. The zero-order chi connectivity index (χ0) is 26.8. The third-order valence-electron chi connectivity index (χ3n) is 6.63. The van der Waals surface area contributed by atoms with Gasteiger partial charge in [0.1, 0.15) is 5.75 Å². The number of nitrogens with one attached hydrogen (secondary N) is 2. The molecule has 0 aliphatic carbocycles. The van der Waals surface area contributed by atoms with Crippen LogP contribution in [0.3, 0.4) is 0 Å². The van der Waals surface area contributed by atoms with Crippen LogP contribution in [0.25, 0.3) is 22.0 Å². The second kappa shape index (κ2) is 13.3. The van der Waals surface area contributed by atoms with Crippen molar-refractivity contribution in [2.75, 3.05) is 13.2 Å². The molecule has 0 aliphatic rings. The number of aryl methyl sites for hydroxylation is 2. The number of benzene rings is 2. The van der Waals surface area contributed by atoms with Crippen LogP contribution >= 0.6 is 0 Å². The lowest BCUT2D eigenvalue weighted by Gasteiger charge is -2.23. The molecule has 3 aromatic rings. The standard InChI is InChI=1S/C30H41N3O4/c1-5-33-19-26(18-30(3,4)20-37-22(2)35)28-17-24(11-12-29(28)33)25-14-23(15-27(36)16-25)10-8-6-7-9-13-31-32-21-34/h11-12,14-17,19,21,31,36H,5-10,13,18,20H2,1-4H3,(H,32,34). The van der Waals surface area contributed by atoms with Gasteiger partial charge in [-0.3, -0.25) is 15.0 Å². The van der Waals surface area contributed by atoms with Gasteiger partial charge in [-0.25, -0.2) is 5.43 Å². The molecular formula is C30H41N3O4. The second-order valence-corrected chi connectivity index (χ2v) is 10.5. The topological polar surface area (TPSA) is 92.6 Å². The predicted octanol–water partition coefficient (Wildman–Crippen LogP) is 5.52. The molecule has 1 heterocycles. The third-order valence-corrected chi connectivity index (χ3v) is 6.63. The number of amides is 1. The summed E-state index contributed by atoms with van der Waals surface area (Å²) in [6.45, 7) is 9.84. The number of ether oxygens (including phenoxy) is 1. The van der Waals surface area contributed by atoms with E-state index in [1.54, 1.807) is 0 Å². The fraction of sp³-hybridized carbons (Fsp3) is 0.467. The minimum atomic E-state index is -0.255. The number of aromatic hydroxyl groups is 1. The fourth-order valence-electron chi connectivity index (χ4n) is 4.81. The van der Waals surface area contributed by atoms with Crippen molar-refractivity contribution in [1.29, 1.82) is 0 Å². The van der Waals surface area contributed by atoms with Gasteiger partial charge in [0, 0.05) is 42.5 Å². The molecule has 7 heteroatoms. The first-order valence-electron chi connectivity index (χ1n) is 13.2. The SMILES string of the molecule is CCn1cc(CC(C)(C)COC(C)=O)c2cc(-c3cc(O)cc(CCCCCCNNC=O)c3)ccc21. The zero-order valence-electron chi connectivity index (χ0n) is 22.6. The Kier molecular flexibility index (Phi) is 10.1. The average Bonchev–Trinajstić information content (AvgIpc) is 3.20. The second-order valence-electron chi connectivity index (χ2n) is 10.5. The van der Waals surface area contributed by atoms with E-state index in [-0.39, 0.29) is 17.1 Å². The Morgan fingerprint density at radius 3 is 2.59 bits per heavy atom. The maximum Gasteiger partial charge on any atom is 0.302 e. The van der Waals surface area contributed by atoms with E-state index in [0.29, 0.717) is 13.0 Å². The number of hydrogen-bond acceptors (Lipinski definition) is 5. The number of hydrazine groups is 1. The minimum Gasteiger partial charge on any atom is -0.508 e. The van der Waals surface area contributed by atoms with E-state index in [1.807, 2.05) is 12.1 Å². The van der Waals surface area contributed by atoms with E-state index in [2.05, 4.69) is 66.7 Å². The van der Waals surface area contributed by atoms with E-state index in [9.17, 15) is 14.7 Å². The lowest BCUT2D eigenvalue weighted by atomic mass is 9.86. The van der Waals surface area contributed by atoms with Crippen molar-refractivity contribution in [3.63, 3.8) is 0 Å². The number of carbonyl (C=O) groups excluding carboxylic acids is 2. The summed E-state index contributed by atoms with van der Waals surface area (Å²) in [7, 11) is 0. The van der Waals surface area contributed by atoms with E-state index < -0.39 is 0 Å². The largest absolute Gasteiger partial charge is 0.508 e. The van der Waals surface area contributed by atoms with Crippen molar-refractivity contribution in [2.24, 2.45) is 5.41 Å².